The Hall–Kier alpha value is -3.89. The van der Waals surface area contributed by atoms with Gasteiger partial charge in [-0.25, -0.2) is 4.98 Å². The Morgan fingerprint density at radius 1 is 1.20 bits per heavy atom. The van der Waals surface area contributed by atoms with Crippen LogP contribution in [-0.4, -0.2) is 63.7 Å². The predicted octanol–water partition coefficient (Wildman–Crippen LogP) is 4.17. The van der Waals surface area contributed by atoms with E-state index < -0.39 is 28.4 Å². The zero-order valence-electron chi connectivity index (χ0n) is 19.5. The number of nitro groups is 1. The summed E-state index contributed by atoms with van der Waals surface area (Å²) < 4.78 is 0. The summed E-state index contributed by atoms with van der Waals surface area (Å²) in [6.45, 7) is 2.40. The molecule has 180 valence electrons. The summed E-state index contributed by atoms with van der Waals surface area (Å²) in [5, 5.41) is 22.9. The minimum absolute atomic E-state index is 0.0967. The molecule has 0 fully saturated rings. The minimum Gasteiger partial charge on any atom is -0.503 e. The van der Waals surface area contributed by atoms with Gasteiger partial charge in [0.25, 0.3) is 11.6 Å². The first kappa shape index (κ1) is 24.2. The molecule has 0 saturated heterocycles. The lowest BCUT2D eigenvalue weighted by Gasteiger charge is -2.27. The van der Waals surface area contributed by atoms with Crippen molar-refractivity contribution in [3.05, 3.63) is 92.2 Å². The molecule has 1 N–H and O–H groups in total. The van der Waals surface area contributed by atoms with Gasteiger partial charge >= 0.3 is 0 Å². The Bertz CT molecular complexity index is 1330. The summed E-state index contributed by atoms with van der Waals surface area (Å²) in [6, 6.07) is 14.2. The zero-order chi connectivity index (χ0) is 25.3. The average Bonchev–Trinajstić information content (AvgIpc) is 3.35. The number of non-ortho nitro benzene ring substituents is 1. The molecule has 9 nitrogen and oxygen atoms in total. The van der Waals surface area contributed by atoms with Crippen LogP contribution >= 0.6 is 11.3 Å². The van der Waals surface area contributed by atoms with Gasteiger partial charge in [-0.15, -0.1) is 11.3 Å². The molecule has 1 aliphatic heterocycles. The van der Waals surface area contributed by atoms with Crippen LogP contribution in [-0.2, 0) is 4.79 Å². The fourth-order valence-corrected chi connectivity index (χ4v) is 5.04. The molecule has 0 bridgehead atoms. The second-order valence-electron chi connectivity index (χ2n) is 8.45. The number of carbonyl (C=O) groups excluding carboxylic acids is 2. The first-order chi connectivity index (χ1) is 16.7. The zero-order valence-corrected chi connectivity index (χ0v) is 20.3. The van der Waals surface area contributed by atoms with Gasteiger partial charge in [0, 0.05) is 30.8 Å². The van der Waals surface area contributed by atoms with E-state index in [1.54, 1.807) is 13.0 Å². The Labute approximate surface area is 206 Å². The van der Waals surface area contributed by atoms with E-state index in [0.717, 1.165) is 5.56 Å². The van der Waals surface area contributed by atoms with Crippen molar-refractivity contribution in [2.45, 2.75) is 13.0 Å². The number of nitrogens with zero attached hydrogens (tertiary/aromatic N) is 4. The van der Waals surface area contributed by atoms with E-state index in [-0.39, 0.29) is 17.8 Å². The van der Waals surface area contributed by atoms with Crippen molar-refractivity contribution in [2.75, 3.05) is 27.2 Å². The number of aryl methyl sites for hydroxylation is 1. The Kier molecular flexibility index (Phi) is 6.77. The largest absolute Gasteiger partial charge is 0.503 e. The normalized spacial score (nSPS) is 15.8. The van der Waals surface area contributed by atoms with Crippen LogP contribution in [0.3, 0.4) is 0 Å². The molecule has 2 heterocycles. The summed E-state index contributed by atoms with van der Waals surface area (Å²) in [4.78, 5) is 45.8. The highest BCUT2D eigenvalue weighted by Crippen LogP contribution is 2.41. The lowest BCUT2D eigenvalue weighted by Crippen LogP contribution is -2.36. The number of rotatable bonds is 8. The number of nitro benzene ring substituents is 1. The molecule has 0 radical (unpaired) electrons. The van der Waals surface area contributed by atoms with Gasteiger partial charge in [-0.1, -0.05) is 42.5 Å². The van der Waals surface area contributed by atoms with Gasteiger partial charge in [-0.05, 0) is 26.6 Å². The highest BCUT2D eigenvalue weighted by Gasteiger charge is 2.44. The van der Waals surface area contributed by atoms with E-state index in [4.69, 9.17) is 0 Å². The van der Waals surface area contributed by atoms with E-state index >= 15 is 0 Å². The van der Waals surface area contributed by atoms with Gasteiger partial charge in [0.2, 0.25) is 5.78 Å². The number of carbonyl (C=O) groups is 2. The van der Waals surface area contributed by atoms with Crippen molar-refractivity contribution in [3.63, 3.8) is 0 Å². The quantitative estimate of drug-likeness (QED) is 0.285. The first-order valence-corrected chi connectivity index (χ1v) is 11.7. The molecule has 1 aliphatic rings. The monoisotopic (exact) mass is 492 g/mol. The van der Waals surface area contributed by atoms with Crippen molar-refractivity contribution in [1.29, 1.82) is 0 Å². The van der Waals surface area contributed by atoms with E-state index in [1.807, 2.05) is 49.3 Å². The number of aromatic nitrogens is 1. The van der Waals surface area contributed by atoms with Crippen molar-refractivity contribution in [1.82, 2.24) is 14.8 Å². The van der Waals surface area contributed by atoms with Gasteiger partial charge in [0.1, 0.15) is 5.01 Å². The van der Waals surface area contributed by atoms with Crippen LogP contribution in [0, 0.1) is 17.0 Å². The van der Waals surface area contributed by atoms with E-state index in [2.05, 4.69) is 4.98 Å². The van der Waals surface area contributed by atoms with E-state index in [1.165, 1.54) is 34.4 Å². The van der Waals surface area contributed by atoms with Crippen LogP contribution in [0.5, 0.6) is 0 Å². The molecule has 3 aromatic rings. The van der Waals surface area contributed by atoms with Crippen LogP contribution in [0.1, 0.15) is 27.0 Å². The molecule has 0 aliphatic carbocycles. The topological polar surface area (TPSA) is 117 Å². The molecular formula is C25H24N4O5S. The van der Waals surface area contributed by atoms with Gasteiger partial charge in [-0.2, -0.15) is 0 Å². The molecule has 0 spiro atoms. The number of thiazole rings is 1. The average molecular weight is 493 g/mol. The Morgan fingerprint density at radius 3 is 2.57 bits per heavy atom. The number of aliphatic hydroxyl groups excluding tert-OH is 1. The molecule has 1 atom stereocenters. The second-order valence-corrected chi connectivity index (χ2v) is 9.45. The van der Waals surface area contributed by atoms with Crippen LogP contribution < -0.4 is 0 Å². The van der Waals surface area contributed by atoms with Crippen molar-refractivity contribution < 1.29 is 19.6 Å². The van der Waals surface area contributed by atoms with Gasteiger partial charge in [0.15, 0.2) is 5.76 Å². The van der Waals surface area contributed by atoms with Crippen LogP contribution in [0.25, 0.3) is 10.6 Å². The maximum absolute atomic E-state index is 13.8. The summed E-state index contributed by atoms with van der Waals surface area (Å²) in [5.41, 5.74) is 1.45. The van der Waals surface area contributed by atoms with Crippen LogP contribution in [0.2, 0.25) is 0 Å². The van der Waals surface area contributed by atoms with Crippen molar-refractivity contribution in [3.8, 4) is 10.6 Å². The number of hydrogen-bond acceptors (Lipinski definition) is 8. The maximum atomic E-state index is 13.8. The van der Waals surface area contributed by atoms with E-state index in [0.29, 0.717) is 27.7 Å². The Balaban J connectivity index is 1.80. The first-order valence-electron chi connectivity index (χ1n) is 10.9. The third kappa shape index (κ3) is 4.71. The summed E-state index contributed by atoms with van der Waals surface area (Å²) >= 11 is 1.18. The fraction of sp³-hybridized carbons (Fsp3) is 0.240. The fourth-order valence-electron chi connectivity index (χ4n) is 4.01. The molecular weight excluding hydrogens is 468 g/mol. The highest BCUT2D eigenvalue weighted by atomic mass is 32.1. The molecule has 4 rings (SSSR count). The molecule has 0 unspecified atom stereocenters. The Morgan fingerprint density at radius 2 is 1.91 bits per heavy atom. The SMILES string of the molecule is Cc1nc(-c2ccccc2)sc1C(=O)C1=C(O)C(=O)N(CCN(C)C)[C@H]1c1cccc([N+](=O)[O-])c1. The smallest absolute Gasteiger partial charge is 0.290 e. The molecule has 1 amide bonds. The molecule has 10 heteroatoms. The summed E-state index contributed by atoms with van der Waals surface area (Å²) in [5.74, 6) is -1.84. The number of Topliss-reactive ketones (excluding diaryl/α,β-unsaturated/α-hetero) is 1. The molecule has 1 aromatic heterocycles. The molecule has 0 saturated carbocycles. The van der Waals surface area contributed by atoms with Crippen LogP contribution in [0.4, 0.5) is 5.69 Å². The summed E-state index contributed by atoms with van der Waals surface area (Å²) in [6.07, 6.45) is 0. The second kappa shape index (κ2) is 9.77. The standard InChI is InChI=1S/C25H24N4O5S/c1-15-23(35-24(26-15)16-8-5-4-6-9-16)21(30)19-20(17-10-7-11-18(14-17)29(33)34)28(13-12-27(2)3)25(32)22(19)31/h4-11,14,20,31H,12-13H2,1-3H3/t20-/m0/s1. The van der Waals surface area contributed by atoms with Crippen molar-refractivity contribution in [2.24, 2.45) is 0 Å². The van der Waals surface area contributed by atoms with Crippen LogP contribution in [0.15, 0.2) is 65.9 Å². The van der Waals surface area contributed by atoms with Gasteiger partial charge in [-0.3, -0.25) is 19.7 Å². The number of ketones is 1. The third-order valence-corrected chi connectivity index (χ3v) is 6.96. The minimum atomic E-state index is -0.962. The number of aliphatic hydroxyl groups is 1. The molecule has 2 aromatic carbocycles. The lowest BCUT2D eigenvalue weighted by atomic mass is 9.94. The summed E-state index contributed by atoms with van der Waals surface area (Å²) in [7, 11) is 3.68. The highest BCUT2D eigenvalue weighted by molar-refractivity contribution is 7.17. The number of hydrogen-bond donors (Lipinski definition) is 1. The number of likely N-dealkylation sites (N-methyl/N-ethyl adjacent to an activating group) is 1. The number of benzene rings is 2. The predicted molar refractivity (Wildman–Crippen MR) is 132 cm³/mol. The van der Waals surface area contributed by atoms with Gasteiger partial charge in [0.05, 0.1) is 27.1 Å². The maximum Gasteiger partial charge on any atom is 0.290 e. The molecule has 35 heavy (non-hydrogen) atoms. The number of amides is 1. The van der Waals surface area contributed by atoms with E-state index in [9.17, 15) is 24.8 Å². The third-order valence-electron chi connectivity index (χ3n) is 5.76. The van der Waals surface area contributed by atoms with Crippen molar-refractivity contribution >= 4 is 28.7 Å². The van der Waals surface area contributed by atoms with Gasteiger partial charge < -0.3 is 14.9 Å². The lowest BCUT2D eigenvalue weighted by molar-refractivity contribution is -0.384.